The standard InChI is InChI=1S/C18H28N2O/c1-18(2)9-3-4-17(14-18)21-16-7-5-15(6-8-16)20-12-10-19-11-13-20/h5-8,17,19H,3-4,9-14H2,1-2H3. The molecule has 0 amide bonds. The van der Waals surface area contributed by atoms with Gasteiger partial charge < -0.3 is 15.0 Å². The second-order valence-corrected chi connectivity index (χ2v) is 7.23. The fourth-order valence-electron chi connectivity index (χ4n) is 3.58. The summed E-state index contributed by atoms with van der Waals surface area (Å²) in [6.07, 6.45) is 5.37. The van der Waals surface area contributed by atoms with Gasteiger partial charge in [-0.05, 0) is 55.4 Å². The van der Waals surface area contributed by atoms with E-state index in [2.05, 4.69) is 48.3 Å². The molecule has 3 rings (SSSR count). The van der Waals surface area contributed by atoms with Crippen LogP contribution in [-0.4, -0.2) is 32.3 Å². The summed E-state index contributed by atoms with van der Waals surface area (Å²) < 4.78 is 6.20. The molecule has 116 valence electrons. The van der Waals surface area contributed by atoms with Crippen LogP contribution >= 0.6 is 0 Å². The van der Waals surface area contributed by atoms with Gasteiger partial charge in [0.1, 0.15) is 5.75 Å². The lowest BCUT2D eigenvalue weighted by molar-refractivity contribution is 0.0851. The van der Waals surface area contributed by atoms with Crippen molar-refractivity contribution in [1.29, 1.82) is 0 Å². The van der Waals surface area contributed by atoms with Gasteiger partial charge in [0.2, 0.25) is 0 Å². The Kier molecular flexibility index (Phi) is 4.39. The third-order valence-electron chi connectivity index (χ3n) is 4.78. The lowest BCUT2D eigenvalue weighted by Gasteiger charge is -2.35. The van der Waals surface area contributed by atoms with Crippen LogP contribution in [-0.2, 0) is 0 Å². The minimum atomic E-state index is 0.388. The third-order valence-corrected chi connectivity index (χ3v) is 4.78. The first kappa shape index (κ1) is 14.7. The highest BCUT2D eigenvalue weighted by atomic mass is 16.5. The van der Waals surface area contributed by atoms with Crippen LogP contribution in [0.1, 0.15) is 39.5 Å². The highest BCUT2D eigenvalue weighted by Crippen LogP contribution is 2.37. The van der Waals surface area contributed by atoms with Gasteiger partial charge in [0.25, 0.3) is 0 Å². The van der Waals surface area contributed by atoms with Crippen molar-refractivity contribution in [2.75, 3.05) is 31.1 Å². The summed E-state index contributed by atoms with van der Waals surface area (Å²) in [6, 6.07) is 8.68. The van der Waals surface area contributed by atoms with Crippen molar-refractivity contribution < 1.29 is 4.74 Å². The molecule has 1 heterocycles. The summed E-state index contributed by atoms with van der Waals surface area (Å²) in [5.41, 5.74) is 1.75. The number of nitrogens with one attached hydrogen (secondary N) is 1. The molecule has 0 aromatic heterocycles. The molecule has 21 heavy (non-hydrogen) atoms. The molecule has 3 heteroatoms. The molecule has 1 atom stereocenters. The maximum absolute atomic E-state index is 6.20. The van der Waals surface area contributed by atoms with Gasteiger partial charge >= 0.3 is 0 Å². The predicted octanol–water partition coefficient (Wildman–Crippen LogP) is 3.44. The summed E-state index contributed by atoms with van der Waals surface area (Å²) in [5, 5.41) is 3.39. The van der Waals surface area contributed by atoms with E-state index in [1.54, 1.807) is 0 Å². The highest BCUT2D eigenvalue weighted by Gasteiger charge is 2.29. The van der Waals surface area contributed by atoms with Gasteiger partial charge in [0, 0.05) is 31.9 Å². The first-order valence-corrected chi connectivity index (χ1v) is 8.35. The van der Waals surface area contributed by atoms with Crippen molar-refractivity contribution in [3.63, 3.8) is 0 Å². The fourth-order valence-corrected chi connectivity index (χ4v) is 3.58. The molecular weight excluding hydrogens is 260 g/mol. The average molecular weight is 288 g/mol. The predicted molar refractivity (Wildman–Crippen MR) is 88.2 cm³/mol. The van der Waals surface area contributed by atoms with Crippen LogP contribution in [0.2, 0.25) is 0 Å². The number of rotatable bonds is 3. The Bertz CT molecular complexity index is 449. The third kappa shape index (κ3) is 3.91. The molecule has 0 spiro atoms. The minimum Gasteiger partial charge on any atom is -0.490 e. The van der Waals surface area contributed by atoms with Gasteiger partial charge in [0.15, 0.2) is 0 Å². The maximum Gasteiger partial charge on any atom is 0.119 e. The quantitative estimate of drug-likeness (QED) is 0.922. The summed E-state index contributed by atoms with van der Waals surface area (Å²) in [5.74, 6) is 1.02. The Morgan fingerprint density at radius 1 is 1.14 bits per heavy atom. The van der Waals surface area contributed by atoms with Crippen LogP contribution in [0.3, 0.4) is 0 Å². The van der Waals surface area contributed by atoms with Crippen LogP contribution in [0, 0.1) is 5.41 Å². The molecule has 2 aliphatic rings. The number of hydrogen-bond donors (Lipinski definition) is 1. The summed E-state index contributed by atoms with van der Waals surface area (Å²) in [4.78, 5) is 2.43. The number of hydrogen-bond acceptors (Lipinski definition) is 3. The molecule has 1 aromatic carbocycles. The first-order valence-electron chi connectivity index (χ1n) is 8.35. The van der Waals surface area contributed by atoms with Crippen LogP contribution < -0.4 is 15.0 Å². The van der Waals surface area contributed by atoms with E-state index in [0.717, 1.165) is 31.9 Å². The number of benzene rings is 1. The smallest absolute Gasteiger partial charge is 0.119 e. The molecule has 1 unspecified atom stereocenters. The van der Waals surface area contributed by atoms with Gasteiger partial charge in [-0.2, -0.15) is 0 Å². The summed E-state index contributed by atoms with van der Waals surface area (Å²) >= 11 is 0. The van der Waals surface area contributed by atoms with Crippen molar-refractivity contribution in [2.24, 2.45) is 5.41 Å². The van der Waals surface area contributed by atoms with Crippen molar-refractivity contribution in [3.05, 3.63) is 24.3 Å². The SMILES string of the molecule is CC1(C)CCCC(Oc2ccc(N3CCNCC3)cc2)C1. The van der Waals surface area contributed by atoms with Crippen LogP contribution in [0.4, 0.5) is 5.69 Å². The summed E-state index contributed by atoms with van der Waals surface area (Å²) in [7, 11) is 0. The second-order valence-electron chi connectivity index (χ2n) is 7.23. The topological polar surface area (TPSA) is 24.5 Å². The molecule has 1 saturated carbocycles. The lowest BCUT2D eigenvalue weighted by atomic mass is 9.76. The molecule has 1 aliphatic heterocycles. The van der Waals surface area contributed by atoms with E-state index in [0.29, 0.717) is 11.5 Å². The van der Waals surface area contributed by atoms with E-state index in [-0.39, 0.29) is 0 Å². The van der Waals surface area contributed by atoms with Gasteiger partial charge in [-0.15, -0.1) is 0 Å². The Labute approximate surface area is 128 Å². The zero-order chi connectivity index (χ0) is 14.7. The van der Waals surface area contributed by atoms with Crippen LogP contribution in [0.5, 0.6) is 5.75 Å². The van der Waals surface area contributed by atoms with Crippen molar-refractivity contribution in [2.45, 2.75) is 45.6 Å². The van der Waals surface area contributed by atoms with Crippen molar-refractivity contribution in [1.82, 2.24) is 5.32 Å². The molecule has 3 nitrogen and oxygen atoms in total. The van der Waals surface area contributed by atoms with Gasteiger partial charge in [-0.25, -0.2) is 0 Å². The molecule has 1 N–H and O–H groups in total. The van der Waals surface area contributed by atoms with E-state index in [4.69, 9.17) is 4.74 Å². The normalized spacial score (nSPS) is 25.6. The molecule has 0 bridgehead atoms. The largest absolute Gasteiger partial charge is 0.490 e. The molecular formula is C18H28N2O. The molecule has 1 saturated heterocycles. The zero-order valence-corrected chi connectivity index (χ0v) is 13.4. The monoisotopic (exact) mass is 288 g/mol. The van der Waals surface area contributed by atoms with Crippen molar-refractivity contribution in [3.8, 4) is 5.75 Å². The Morgan fingerprint density at radius 3 is 2.52 bits per heavy atom. The van der Waals surface area contributed by atoms with E-state index in [1.165, 1.54) is 31.4 Å². The molecule has 0 radical (unpaired) electrons. The number of anilines is 1. The number of ether oxygens (including phenoxy) is 1. The Hall–Kier alpha value is -1.22. The maximum atomic E-state index is 6.20. The highest BCUT2D eigenvalue weighted by molar-refractivity contribution is 5.49. The van der Waals surface area contributed by atoms with Crippen molar-refractivity contribution >= 4 is 5.69 Å². The van der Waals surface area contributed by atoms with E-state index in [9.17, 15) is 0 Å². The Morgan fingerprint density at radius 2 is 1.86 bits per heavy atom. The molecule has 2 fully saturated rings. The fraction of sp³-hybridized carbons (Fsp3) is 0.667. The minimum absolute atomic E-state index is 0.388. The van der Waals surface area contributed by atoms with Crippen LogP contribution in [0.15, 0.2) is 24.3 Å². The van der Waals surface area contributed by atoms with Crippen LogP contribution in [0.25, 0.3) is 0 Å². The van der Waals surface area contributed by atoms with E-state index < -0.39 is 0 Å². The molecule has 1 aliphatic carbocycles. The zero-order valence-electron chi connectivity index (χ0n) is 13.4. The average Bonchev–Trinajstić information content (AvgIpc) is 2.48. The van der Waals surface area contributed by atoms with Gasteiger partial charge in [-0.3, -0.25) is 0 Å². The first-order chi connectivity index (χ1) is 10.1. The Balaban J connectivity index is 1.59. The number of nitrogens with zero attached hydrogens (tertiary/aromatic N) is 1. The summed E-state index contributed by atoms with van der Waals surface area (Å²) in [6.45, 7) is 9.06. The lowest BCUT2D eigenvalue weighted by Crippen LogP contribution is -2.43. The molecule has 1 aromatic rings. The van der Waals surface area contributed by atoms with E-state index >= 15 is 0 Å². The van der Waals surface area contributed by atoms with E-state index in [1.807, 2.05) is 0 Å². The van der Waals surface area contributed by atoms with Gasteiger partial charge in [-0.1, -0.05) is 13.8 Å². The number of piperazine rings is 1. The van der Waals surface area contributed by atoms with Gasteiger partial charge in [0.05, 0.1) is 6.10 Å². The second kappa shape index (κ2) is 6.27.